The number of aromatic nitrogens is 1. The first kappa shape index (κ1) is 25.4. The van der Waals surface area contributed by atoms with Crippen LogP contribution in [-0.4, -0.2) is 43.9 Å². The Morgan fingerprint density at radius 2 is 1.97 bits per heavy atom. The monoisotopic (exact) mass is 530 g/mol. The van der Waals surface area contributed by atoms with Crippen molar-refractivity contribution in [3.63, 3.8) is 0 Å². The Morgan fingerprint density at radius 3 is 2.57 bits per heavy atom. The standard InChI is InChI=1S/C22H21F3N2O6S2/c1-32-11-5-10-20(14-6-3-2-4-7-14)13-21(20,19(28)29)27-35(30,31)18-9-8-16(34-18)15-12-17(33-26-15)22(23,24)25/h2-4,6-9,12,27H,5,10-11,13H2,1H3,(H,28,29)/t20-,21?/m0/s1. The molecule has 0 saturated heterocycles. The number of hydrogen-bond donors (Lipinski definition) is 2. The molecule has 1 aliphatic carbocycles. The van der Waals surface area contributed by atoms with Gasteiger partial charge in [0.05, 0.1) is 4.88 Å². The zero-order valence-electron chi connectivity index (χ0n) is 18.3. The van der Waals surface area contributed by atoms with Crippen molar-refractivity contribution < 1.29 is 40.8 Å². The summed E-state index contributed by atoms with van der Waals surface area (Å²) in [5.74, 6) is -2.62. The minimum Gasteiger partial charge on any atom is -0.480 e. The van der Waals surface area contributed by atoms with Gasteiger partial charge in [0.15, 0.2) is 0 Å². The fraction of sp³-hybridized carbons (Fsp3) is 0.364. The number of carboxylic acids is 1. The maximum atomic E-state index is 13.2. The fourth-order valence-corrected chi connectivity index (χ4v) is 7.03. The lowest BCUT2D eigenvalue weighted by atomic mass is 9.86. The molecule has 4 rings (SSSR count). The van der Waals surface area contributed by atoms with E-state index in [9.17, 15) is 31.5 Å². The summed E-state index contributed by atoms with van der Waals surface area (Å²) in [4.78, 5) is 12.6. The van der Waals surface area contributed by atoms with E-state index < -0.39 is 38.9 Å². The molecule has 0 bridgehead atoms. The SMILES string of the molecule is COCCC[C@@]1(c2ccccc2)CC1(NS(=O)(=O)c1ccc(-c2cc(C(F)(F)F)on2)s1)C(=O)O. The van der Waals surface area contributed by atoms with Crippen molar-refractivity contribution in [1.82, 2.24) is 9.88 Å². The van der Waals surface area contributed by atoms with E-state index in [1.807, 2.05) is 0 Å². The molecule has 0 aliphatic heterocycles. The highest BCUT2D eigenvalue weighted by molar-refractivity contribution is 7.91. The van der Waals surface area contributed by atoms with Crippen LogP contribution < -0.4 is 4.72 Å². The summed E-state index contributed by atoms with van der Waals surface area (Å²) < 4.78 is 76.4. The smallest absolute Gasteiger partial charge is 0.452 e. The van der Waals surface area contributed by atoms with E-state index in [-0.39, 0.29) is 21.2 Å². The molecule has 1 saturated carbocycles. The van der Waals surface area contributed by atoms with Crippen LogP contribution in [-0.2, 0) is 31.1 Å². The number of carbonyl (C=O) groups is 1. The number of carboxylic acid groups (broad SMARTS) is 1. The number of thiophene rings is 1. The van der Waals surface area contributed by atoms with E-state index in [1.54, 1.807) is 30.3 Å². The molecule has 1 aliphatic rings. The van der Waals surface area contributed by atoms with Gasteiger partial charge in [-0.3, -0.25) is 4.79 Å². The molecule has 0 spiro atoms. The first-order valence-corrected chi connectivity index (χ1v) is 12.7. The summed E-state index contributed by atoms with van der Waals surface area (Å²) in [5, 5.41) is 13.5. The van der Waals surface area contributed by atoms with Gasteiger partial charge in [-0.05, 0) is 37.0 Å². The number of methoxy groups -OCH3 is 1. The van der Waals surface area contributed by atoms with Gasteiger partial charge in [0.25, 0.3) is 10.0 Å². The van der Waals surface area contributed by atoms with Crippen molar-refractivity contribution >= 4 is 27.3 Å². The summed E-state index contributed by atoms with van der Waals surface area (Å²) in [6.07, 6.45) is -3.81. The maximum Gasteiger partial charge on any atom is 0.452 e. The number of nitrogens with zero attached hydrogens (tertiary/aromatic N) is 1. The number of nitrogens with one attached hydrogen (secondary N) is 1. The van der Waals surface area contributed by atoms with Crippen molar-refractivity contribution in [2.45, 2.75) is 40.6 Å². The van der Waals surface area contributed by atoms with Crippen LogP contribution in [0.1, 0.15) is 30.6 Å². The molecule has 188 valence electrons. The predicted octanol–water partition coefficient (Wildman–Crippen LogP) is 4.29. The number of aliphatic carboxylic acids is 1. The van der Waals surface area contributed by atoms with Crippen LogP contribution in [0.15, 0.2) is 57.3 Å². The Bertz CT molecular complexity index is 1320. The highest BCUT2D eigenvalue weighted by Crippen LogP contribution is 2.61. The van der Waals surface area contributed by atoms with Crippen molar-refractivity contribution in [2.75, 3.05) is 13.7 Å². The lowest BCUT2D eigenvalue weighted by Gasteiger charge is -2.24. The van der Waals surface area contributed by atoms with E-state index in [1.165, 1.54) is 19.2 Å². The fourth-order valence-electron chi connectivity index (χ4n) is 4.34. The van der Waals surface area contributed by atoms with E-state index in [0.29, 0.717) is 42.4 Å². The Labute approximate surface area is 202 Å². The van der Waals surface area contributed by atoms with Gasteiger partial charge in [0.2, 0.25) is 5.76 Å². The summed E-state index contributed by atoms with van der Waals surface area (Å²) in [6.45, 7) is 0.378. The first-order valence-electron chi connectivity index (χ1n) is 10.4. The normalized spacial score (nSPS) is 22.3. The lowest BCUT2D eigenvalue weighted by molar-refractivity contribution is -0.155. The molecular formula is C22H21F3N2O6S2. The largest absolute Gasteiger partial charge is 0.480 e. The molecule has 2 heterocycles. The predicted molar refractivity (Wildman–Crippen MR) is 119 cm³/mol. The van der Waals surface area contributed by atoms with E-state index in [2.05, 4.69) is 14.4 Å². The Hall–Kier alpha value is -2.74. The molecule has 0 amide bonds. The average molecular weight is 531 g/mol. The van der Waals surface area contributed by atoms with Crippen molar-refractivity contribution in [2.24, 2.45) is 0 Å². The van der Waals surface area contributed by atoms with Crippen LogP contribution >= 0.6 is 11.3 Å². The van der Waals surface area contributed by atoms with E-state index >= 15 is 0 Å². The van der Waals surface area contributed by atoms with Crippen LogP contribution in [0.25, 0.3) is 10.6 Å². The quantitative estimate of drug-likeness (QED) is 0.375. The number of sulfonamides is 1. The highest BCUT2D eigenvalue weighted by atomic mass is 32.2. The number of alkyl halides is 3. The van der Waals surface area contributed by atoms with Crippen molar-refractivity contribution in [3.05, 3.63) is 59.9 Å². The van der Waals surface area contributed by atoms with Crippen LogP contribution in [0.3, 0.4) is 0 Å². The molecule has 8 nitrogen and oxygen atoms in total. The second-order valence-corrected chi connectivity index (χ2v) is 11.2. The summed E-state index contributed by atoms with van der Waals surface area (Å²) in [7, 11) is -2.82. The second-order valence-electron chi connectivity index (χ2n) is 8.23. The molecular weight excluding hydrogens is 509 g/mol. The Morgan fingerprint density at radius 1 is 1.26 bits per heavy atom. The van der Waals surface area contributed by atoms with Gasteiger partial charge in [-0.15, -0.1) is 11.3 Å². The minimum absolute atomic E-state index is 0.0404. The van der Waals surface area contributed by atoms with Gasteiger partial charge in [-0.2, -0.15) is 17.9 Å². The number of hydrogen-bond acceptors (Lipinski definition) is 7. The van der Waals surface area contributed by atoms with E-state index in [0.717, 1.165) is 0 Å². The zero-order valence-corrected chi connectivity index (χ0v) is 20.0. The third kappa shape index (κ3) is 4.60. The first-order chi connectivity index (χ1) is 16.5. The maximum absolute atomic E-state index is 13.2. The molecule has 0 radical (unpaired) electrons. The number of benzene rings is 1. The molecule has 1 aromatic carbocycles. The summed E-state index contributed by atoms with van der Waals surface area (Å²) in [6, 6.07) is 12.0. The molecule has 35 heavy (non-hydrogen) atoms. The van der Waals surface area contributed by atoms with Crippen molar-refractivity contribution in [3.8, 4) is 10.6 Å². The molecule has 3 aromatic rings. The second kappa shape index (κ2) is 9.04. The number of halogens is 3. The van der Waals surface area contributed by atoms with Crippen LogP contribution in [0.5, 0.6) is 0 Å². The van der Waals surface area contributed by atoms with Gasteiger partial charge < -0.3 is 14.4 Å². The third-order valence-corrected chi connectivity index (χ3v) is 9.19. The molecule has 1 unspecified atom stereocenters. The van der Waals surface area contributed by atoms with Gasteiger partial charge >= 0.3 is 12.1 Å². The van der Waals surface area contributed by atoms with Gasteiger partial charge in [0, 0.05) is 25.2 Å². The van der Waals surface area contributed by atoms with Crippen LogP contribution in [0.4, 0.5) is 13.2 Å². The summed E-state index contributed by atoms with van der Waals surface area (Å²) >= 11 is 0.661. The topological polar surface area (TPSA) is 119 Å². The summed E-state index contributed by atoms with van der Waals surface area (Å²) in [5.41, 5.74) is -2.27. The molecule has 1 fully saturated rings. The average Bonchev–Trinajstić information content (AvgIpc) is 3.19. The van der Waals surface area contributed by atoms with Gasteiger partial charge in [-0.1, -0.05) is 35.5 Å². The molecule has 2 N–H and O–H groups in total. The number of ether oxygens (including phenoxy) is 1. The minimum atomic E-state index is -4.73. The zero-order chi connectivity index (χ0) is 25.5. The van der Waals surface area contributed by atoms with Gasteiger partial charge in [0.1, 0.15) is 15.4 Å². The Kier molecular flexibility index (Phi) is 6.55. The Balaban J connectivity index is 1.64. The van der Waals surface area contributed by atoms with Crippen LogP contribution in [0.2, 0.25) is 0 Å². The third-order valence-electron chi connectivity index (χ3n) is 6.10. The number of rotatable bonds is 10. The molecule has 13 heteroatoms. The molecule has 2 aromatic heterocycles. The van der Waals surface area contributed by atoms with Crippen molar-refractivity contribution in [1.29, 1.82) is 0 Å². The van der Waals surface area contributed by atoms with Crippen LogP contribution in [0, 0.1) is 0 Å². The van der Waals surface area contributed by atoms with Gasteiger partial charge in [-0.25, -0.2) is 8.42 Å². The highest BCUT2D eigenvalue weighted by Gasteiger charge is 2.74. The molecule has 2 atom stereocenters. The lowest BCUT2D eigenvalue weighted by Crippen LogP contribution is -2.48. The van der Waals surface area contributed by atoms with E-state index in [4.69, 9.17) is 4.74 Å².